The topological polar surface area (TPSA) is 42.6 Å². The summed E-state index contributed by atoms with van der Waals surface area (Å²) in [5.41, 5.74) is 15.9. The lowest BCUT2D eigenvalue weighted by Crippen LogP contribution is -2.42. The Bertz CT molecular complexity index is 1090. The Balaban J connectivity index is 1.33. The van der Waals surface area contributed by atoms with Crippen molar-refractivity contribution in [2.24, 2.45) is 0 Å². The van der Waals surface area contributed by atoms with Crippen LogP contribution in [0.5, 0.6) is 0 Å². The van der Waals surface area contributed by atoms with Crippen LogP contribution in [0.1, 0.15) is 75.1 Å². The third-order valence-electron chi connectivity index (χ3n) is 8.17. The van der Waals surface area contributed by atoms with Crippen LogP contribution >= 0.6 is 11.6 Å². The van der Waals surface area contributed by atoms with Crippen LogP contribution < -0.4 is 16.3 Å². The number of alkyl halides is 1. The zero-order chi connectivity index (χ0) is 23.3. The third-order valence-corrected chi connectivity index (χ3v) is 8.43. The molecule has 5 aliphatic rings. The summed E-state index contributed by atoms with van der Waals surface area (Å²) >= 11 is 6.68. The molecule has 0 radical (unpaired) electrons. The van der Waals surface area contributed by atoms with E-state index in [1.165, 1.54) is 65.2 Å². The molecular weight excluding hydrogens is 442 g/mol. The molecule has 3 N–H and O–H groups in total. The van der Waals surface area contributed by atoms with Gasteiger partial charge in [-0.2, -0.15) is 0 Å². The first kappa shape index (κ1) is 22.3. The summed E-state index contributed by atoms with van der Waals surface area (Å²) in [4.78, 5) is 2.35. The Kier molecular flexibility index (Phi) is 5.75. The van der Waals surface area contributed by atoms with E-state index in [4.69, 9.17) is 11.6 Å². The van der Waals surface area contributed by atoms with Gasteiger partial charge in [-0.3, -0.25) is 9.91 Å². The maximum absolute atomic E-state index is 6.68. The zero-order valence-corrected chi connectivity index (χ0v) is 21.1. The van der Waals surface area contributed by atoms with Gasteiger partial charge >= 0.3 is 0 Å². The molecule has 6 rings (SSSR count). The third kappa shape index (κ3) is 4.19. The molecule has 2 aliphatic carbocycles. The second-order valence-electron chi connectivity index (χ2n) is 10.7. The van der Waals surface area contributed by atoms with E-state index >= 15 is 0 Å². The minimum atomic E-state index is -0.323. The molecule has 180 valence electrons. The fourth-order valence-electron chi connectivity index (χ4n) is 6.02. The molecule has 3 heterocycles. The molecule has 1 saturated carbocycles. The van der Waals surface area contributed by atoms with Gasteiger partial charge in [0, 0.05) is 43.4 Å². The van der Waals surface area contributed by atoms with Gasteiger partial charge in [-0.15, -0.1) is 17.1 Å². The lowest BCUT2D eigenvalue weighted by molar-refractivity contribution is 0.141. The molecule has 3 aliphatic heterocycles. The Morgan fingerprint density at radius 1 is 1.18 bits per heavy atom. The highest BCUT2D eigenvalue weighted by atomic mass is 35.5. The van der Waals surface area contributed by atoms with E-state index in [1.807, 2.05) is 0 Å². The number of fused-ring (bicyclic) bond motifs is 3. The highest BCUT2D eigenvalue weighted by Gasteiger charge is 2.32. The van der Waals surface area contributed by atoms with Crippen molar-refractivity contribution in [3.63, 3.8) is 0 Å². The van der Waals surface area contributed by atoms with Gasteiger partial charge in [0.05, 0.1) is 22.3 Å². The van der Waals surface area contributed by atoms with E-state index in [-0.39, 0.29) is 10.9 Å². The van der Waals surface area contributed by atoms with Crippen LogP contribution in [-0.2, 0) is 0 Å². The number of hydrogen-bond donors (Lipinski definition) is 3. The van der Waals surface area contributed by atoms with Crippen molar-refractivity contribution in [2.75, 3.05) is 19.6 Å². The average Bonchev–Trinajstić information content (AvgIpc) is 3.07. The van der Waals surface area contributed by atoms with Crippen molar-refractivity contribution in [3.8, 4) is 0 Å². The fourth-order valence-corrected chi connectivity index (χ4v) is 6.24. The Morgan fingerprint density at radius 2 is 2.06 bits per heavy atom. The highest BCUT2D eigenvalue weighted by molar-refractivity contribution is 6.25. The smallest absolute Gasteiger partial charge is 0.0814 e. The first-order valence-corrected chi connectivity index (χ1v) is 13.3. The molecule has 6 heteroatoms. The van der Waals surface area contributed by atoms with E-state index < -0.39 is 0 Å². The van der Waals surface area contributed by atoms with Crippen LogP contribution in [-0.4, -0.2) is 40.5 Å². The first-order chi connectivity index (χ1) is 16.5. The van der Waals surface area contributed by atoms with Gasteiger partial charge in [-0.25, -0.2) is 0 Å². The lowest BCUT2D eigenvalue weighted by Gasteiger charge is -2.39. The molecule has 0 spiro atoms. The maximum atomic E-state index is 6.68. The second-order valence-corrected chi connectivity index (χ2v) is 11.6. The summed E-state index contributed by atoms with van der Waals surface area (Å²) in [7, 11) is 0. The van der Waals surface area contributed by atoms with Crippen molar-refractivity contribution in [1.82, 2.24) is 26.2 Å². The van der Waals surface area contributed by atoms with Crippen LogP contribution in [0.2, 0.25) is 0 Å². The Labute approximate surface area is 208 Å². The average molecular weight is 478 g/mol. The number of hydrazine groups is 2. The molecule has 1 aromatic rings. The van der Waals surface area contributed by atoms with Gasteiger partial charge in [0.2, 0.25) is 0 Å². The summed E-state index contributed by atoms with van der Waals surface area (Å²) in [6, 6.07) is 8.20. The zero-order valence-electron chi connectivity index (χ0n) is 20.3. The highest BCUT2D eigenvalue weighted by Crippen LogP contribution is 2.39. The van der Waals surface area contributed by atoms with Crippen molar-refractivity contribution >= 4 is 22.9 Å². The number of hydrogen-bond acceptors (Lipinski definition) is 5. The summed E-state index contributed by atoms with van der Waals surface area (Å²) in [6.45, 7) is 7.45. The molecule has 34 heavy (non-hydrogen) atoms. The van der Waals surface area contributed by atoms with Gasteiger partial charge in [0.25, 0.3) is 0 Å². The molecule has 1 fully saturated rings. The number of halogens is 1. The van der Waals surface area contributed by atoms with Gasteiger partial charge < -0.3 is 10.7 Å². The minimum absolute atomic E-state index is 0.239. The first-order valence-electron chi connectivity index (χ1n) is 12.9. The van der Waals surface area contributed by atoms with E-state index in [0.717, 1.165) is 38.4 Å². The summed E-state index contributed by atoms with van der Waals surface area (Å²) in [6.07, 6.45) is 16.0. The Morgan fingerprint density at radius 3 is 2.79 bits per heavy atom. The largest absolute Gasteiger partial charge is 0.381 e. The monoisotopic (exact) mass is 477 g/mol. The number of benzene rings is 1. The van der Waals surface area contributed by atoms with E-state index in [1.54, 1.807) is 0 Å². The molecule has 1 aromatic carbocycles. The number of allylic oxidation sites excluding steroid dienone is 5. The summed E-state index contributed by atoms with van der Waals surface area (Å²) in [5.74, 6) is 0. The standard InChI is InChI=1S/C28H36ClN5/c1-19-27-24-9-8-21(20-10-14-33(15-11-20)23-6-3-7-23)17-25(24)26(12-16-34(27)32-31-19)30-22-5-4-13-28(2,29)18-22/h4-5,8-10,13,17,23,26,30-32H,3,6-7,11-12,14-16,18H2,1-2H3. The van der Waals surface area contributed by atoms with Gasteiger partial charge in [-0.05, 0) is 68.4 Å². The van der Waals surface area contributed by atoms with Gasteiger partial charge in [-0.1, -0.05) is 36.8 Å². The SMILES string of the molecule is CC1=C2c3ccc(C4=CCN(C5CCC5)CC4)cc3C(NC3=CC=CC(C)(Cl)C3)CCN2NN1. The molecule has 0 aromatic heterocycles. The van der Waals surface area contributed by atoms with Crippen molar-refractivity contribution < 1.29 is 0 Å². The van der Waals surface area contributed by atoms with Crippen molar-refractivity contribution in [3.05, 3.63) is 70.6 Å². The van der Waals surface area contributed by atoms with Gasteiger partial charge in [0.1, 0.15) is 0 Å². The van der Waals surface area contributed by atoms with Crippen LogP contribution in [0.25, 0.3) is 11.3 Å². The Hall–Kier alpha value is -2.21. The number of nitrogens with zero attached hydrogens (tertiary/aromatic N) is 2. The predicted molar refractivity (Wildman–Crippen MR) is 140 cm³/mol. The summed E-state index contributed by atoms with van der Waals surface area (Å²) < 4.78 is 0. The molecule has 5 nitrogen and oxygen atoms in total. The van der Waals surface area contributed by atoms with Crippen LogP contribution in [0, 0.1) is 0 Å². The molecule has 2 unspecified atom stereocenters. The van der Waals surface area contributed by atoms with Gasteiger partial charge in [0.15, 0.2) is 0 Å². The lowest BCUT2D eigenvalue weighted by atomic mass is 9.88. The van der Waals surface area contributed by atoms with Crippen LogP contribution in [0.15, 0.2) is 53.9 Å². The van der Waals surface area contributed by atoms with Crippen molar-refractivity contribution in [1.29, 1.82) is 0 Å². The number of nitrogens with one attached hydrogen (secondary N) is 3. The van der Waals surface area contributed by atoms with E-state index in [2.05, 4.69) is 82.5 Å². The second kappa shape index (κ2) is 8.78. The molecule has 2 atom stereocenters. The molecule has 0 bridgehead atoms. The summed E-state index contributed by atoms with van der Waals surface area (Å²) in [5, 5.41) is 6.14. The van der Waals surface area contributed by atoms with E-state index in [9.17, 15) is 0 Å². The van der Waals surface area contributed by atoms with Crippen LogP contribution in [0.3, 0.4) is 0 Å². The van der Waals surface area contributed by atoms with Crippen LogP contribution in [0.4, 0.5) is 0 Å². The quantitative estimate of drug-likeness (QED) is 0.519. The molecule has 0 amide bonds. The van der Waals surface area contributed by atoms with Crippen molar-refractivity contribution in [2.45, 2.75) is 69.3 Å². The maximum Gasteiger partial charge on any atom is 0.0814 e. The number of rotatable bonds is 4. The van der Waals surface area contributed by atoms with E-state index in [0.29, 0.717) is 0 Å². The fraction of sp³-hybridized carbons (Fsp3) is 0.500. The normalized spacial score (nSPS) is 29.5. The predicted octanol–water partition coefficient (Wildman–Crippen LogP) is 5.22. The molecule has 0 saturated heterocycles. The molecular formula is C28H36ClN5. The minimum Gasteiger partial charge on any atom is -0.381 e.